The van der Waals surface area contributed by atoms with Crippen LogP contribution >= 0.6 is 0 Å². The van der Waals surface area contributed by atoms with E-state index in [1.165, 1.54) is 18.2 Å². The first kappa shape index (κ1) is 16.3. The van der Waals surface area contributed by atoms with Gasteiger partial charge in [-0.1, -0.05) is 19.1 Å². The van der Waals surface area contributed by atoms with Gasteiger partial charge in [-0.15, -0.1) is 13.2 Å². The van der Waals surface area contributed by atoms with Gasteiger partial charge in [-0.25, -0.2) is 0 Å². The van der Waals surface area contributed by atoms with Gasteiger partial charge in [0.1, 0.15) is 5.75 Å². The zero-order valence-electron chi connectivity index (χ0n) is 11.1. The minimum Gasteiger partial charge on any atom is -0.406 e. The van der Waals surface area contributed by atoms with Gasteiger partial charge in [0.25, 0.3) is 0 Å². The second-order valence-electron chi connectivity index (χ2n) is 4.15. The third-order valence-electron chi connectivity index (χ3n) is 2.32. The second-order valence-corrected chi connectivity index (χ2v) is 4.15. The molecule has 0 radical (unpaired) electrons. The summed E-state index contributed by atoms with van der Waals surface area (Å²) in [6.07, 6.45) is -3.85. The Balaban J connectivity index is 2.41. The van der Waals surface area contributed by atoms with Gasteiger partial charge in [-0.3, -0.25) is 4.79 Å². The SMILES string of the molecule is CCCNC(=O)CNCc1cccc(OC(F)(F)F)c1. The Kier molecular flexibility index (Phi) is 6.30. The standard InChI is InChI=1S/C13H17F3N2O2/c1-2-6-18-12(19)9-17-8-10-4-3-5-11(7-10)20-13(14,15)16/h3-5,7,17H,2,6,8-9H2,1H3,(H,18,19). The average molecular weight is 290 g/mol. The molecule has 0 saturated heterocycles. The lowest BCUT2D eigenvalue weighted by atomic mass is 10.2. The van der Waals surface area contributed by atoms with Gasteiger partial charge in [0.05, 0.1) is 6.54 Å². The van der Waals surface area contributed by atoms with Crippen LogP contribution in [0.4, 0.5) is 13.2 Å². The molecule has 0 unspecified atom stereocenters. The van der Waals surface area contributed by atoms with Crippen molar-refractivity contribution in [2.24, 2.45) is 0 Å². The molecule has 0 aliphatic heterocycles. The molecule has 0 aliphatic carbocycles. The minimum atomic E-state index is -4.70. The molecule has 1 aromatic rings. The maximum absolute atomic E-state index is 12.1. The maximum atomic E-state index is 12.1. The van der Waals surface area contributed by atoms with Crippen molar-refractivity contribution in [3.05, 3.63) is 29.8 Å². The Hall–Kier alpha value is -1.76. The van der Waals surface area contributed by atoms with Crippen molar-refractivity contribution >= 4 is 5.91 Å². The Morgan fingerprint density at radius 2 is 2.10 bits per heavy atom. The van der Waals surface area contributed by atoms with Crippen LogP contribution in [-0.2, 0) is 11.3 Å². The first-order valence-corrected chi connectivity index (χ1v) is 6.23. The van der Waals surface area contributed by atoms with Crippen LogP contribution in [0, 0.1) is 0 Å². The first-order valence-electron chi connectivity index (χ1n) is 6.23. The molecule has 1 amide bonds. The average Bonchev–Trinajstić information content (AvgIpc) is 2.35. The number of hydrogen-bond donors (Lipinski definition) is 2. The van der Waals surface area contributed by atoms with Crippen LogP contribution in [0.1, 0.15) is 18.9 Å². The van der Waals surface area contributed by atoms with E-state index in [2.05, 4.69) is 15.4 Å². The fourth-order valence-corrected chi connectivity index (χ4v) is 1.50. The molecule has 112 valence electrons. The van der Waals surface area contributed by atoms with Crippen molar-refractivity contribution in [2.75, 3.05) is 13.1 Å². The van der Waals surface area contributed by atoms with Crippen LogP contribution in [0.2, 0.25) is 0 Å². The molecule has 0 atom stereocenters. The summed E-state index contributed by atoms with van der Waals surface area (Å²) in [7, 11) is 0. The zero-order valence-corrected chi connectivity index (χ0v) is 11.1. The molecule has 2 N–H and O–H groups in total. The molecule has 1 aromatic carbocycles. The lowest BCUT2D eigenvalue weighted by molar-refractivity contribution is -0.274. The summed E-state index contributed by atoms with van der Waals surface area (Å²) < 4.78 is 40.0. The number of rotatable bonds is 7. The number of carbonyl (C=O) groups is 1. The highest BCUT2D eigenvalue weighted by atomic mass is 19.4. The van der Waals surface area contributed by atoms with Crippen molar-refractivity contribution in [1.29, 1.82) is 0 Å². The molecule has 0 saturated carbocycles. The number of alkyl halides is 3. The van der Waals surface area contributed by atoms with Crippen LogP contribution in [0.25, 0.3) is 0 Å². The molecular weight excluding hydrogens is 273 g/mol. The molecule has 0 spiro atoms. The highest BCUT2D eigenvalue weighted by Crippen LogP contribution is 2.23. The van der Waals surface area contributed by atoms with Crippen molar-refractivity contribution in [3.63, 3.8) is 0 Å². The number of ether oxygens (including phenoxy) is 1. The Bertz CT molecular complexity index is 436. The lowest BCUT2D eigenvalue weighted by Gasteiger charge is -2.10. The molecule has 1 rings (SSSR count). The largest absolute Gasteiger partial charge is 0.573 e. The molecule has 0 aliphatic rings. The van der Waals surface area contributed by atoms with Crippen molar-refractivity contribution in [3.8, 4) is 5.75 Å². The summed E-state index contributed by atoms with van der Waals surface area (Å²) in [6.45, 7) is 2.95. The van der Waals surface area contributed by atoms with Crippen LogP contribution in [-0.4, -0.2) is 25.4 Å². The Labute approximate surface area is 115 Å². The predicted octanol–water partition coefficient (Wildman–Crippen LogP) is 2.20. The predicted molar refractivity (Wildman–Crippen MR) is 68.1 cm³/mol. The molecule has 0 heterocycles. The van der Waals surface area contributed by atoms with E-state index >= 15 is 0 Å². The van der Waals surface area contributed by atoms with E-state index in [9.17, 15) is 18.0 Å². The number of carbonyl (C=O) groups excluding carboxylic acids is 1. The fourth-order valence-electron chi connectivity index (χ4n) is 1.50. The minimum absolute atomic E-state index is 0.115. The van der Waals surface area contributed by atoms with Crippen molar-refractivity contribution in [2.45, 2.75) is 26.3 Å². The summed E-state index contributed by atoms with van der Waals surface area (Å²) in [5.41, 5.74) is 0.607. The molecule has 7 heteroatoms. The smallest absolute Gasteiger partial charge is 0.406 e. The molecule has 20 heavy (non-hydrogen) atoms. The van der Waals surface area contributed by atoms with E-state index in [4.69, 9.17) is 0 Å². The Morgan fingerprint density at radius 3 is 2.75 bits per heavy atom. The quantitative estimate of drug-likeness (QED) is 0.809. The fraction of sp³-hybridized carbons (Fsp3) is 0.462. The topological polar surface area (TPSA) is 50.4 Å². The highest BCUT2D eigenvalue weighted by molar-refractivity contribution is 5.77. The summed E-state index contributed by atoms with van der Waals surface area (Å²) in [6, 6.07) is 5.63. The monoisotopic (exact) mass is 290 g/mol. The van der Waals surface area contributed by atoms with Crippen LogP contribution in [0.3, 0.4) is 0 Å². The normalized spacial score (nSPS) is 11.2. The number of amides is 1. The van der Waals surface area contributed by atoms with E-state index in [1.54, 1.807) is 6.07 Å². The third kappa shape index (κ3) is 6.98. The van der Waals surface area contributed by atoms with Gasteiger partial charge >= 0.3 is 6.36 Å². The van der Waals surface area contributed by atoms with Crippen LogP contribution < -0.4 is 15.4 Å². The highest BCUT2D eigenvalue weighted by Gasteiger charge is 2.31. The number of halogens is 3. The molecular formula is C13H17F3N2O2. The summed E-state index contributed by atoms with van der Waals surface area (Å²) >= 11 is 0. The van der Waals surface area contributed by atoms with Gasteiger partial charge in [-0.2, -0.15) is 0 Å². The van der Waals surface area contributed by atoms with Gasteiger partial charge in [0.15, 0.2) is 0 Å². The number of benzene rings is 1. The lowest BCUT2D eigenvalue weighted by Crippen LogP contribution is -2.33. The summed E-state index contributed by atoms with van der Waals surface area (Å²) in [4.78, 5) is 11.3. The van der Waals surface area contributed by atoms with Crippen LogP contribution in [0.5, 0.6) is 5.75 Å². The molecule has 0 aromatic heterocycles. The molecule has 4 nitrogen and oxygen atoms in total. The Morgan fingerprint density at radius 1 is 1.35 bits per heavy atom. The van der Waals surface area contributed by atoms with Gasteiger partial charge < -0.3 is 15.4 Å². The van der Waals surface area contributed by atoms with E-state index in [0.29, 0.717) is 12.1 Å². The first-order chi connectivity index (χ1) is 9.40. The molecule has 0 bridgehead atoms. The van der Waals surface area contributed by atoms with E-state index in [0.717, 1.165) is 6.42 Å². The van der Waals surface area contributed by atoms with E-state index in [1.807, 2.05) is 6.92 Å². The summed E-state index contributed by atoms with van der Waals surface area (Å²) in [5.74, 6) is -0.415. The summed E-state index contributed by atoms with van der Waals surface area (Å²) in [5, 5.41) is 5.54. The van der Waals surface area contributed by atoms with Gasteiger partial charge in [-0.05, 0) is 24.1 Å². The van der Waals surface area contributed by atoms with E-state index < -0.39 is 6.36 Å². The number of nitrogens with one attached hydrogen (secondary N) is 2. The maximum Gasteiger partial charge on any atom is 0.573 e. The van der Waals surface area contributed by atoms with E-state index in [-0.39, 0.29) is 24.7 Å². The van der Waals surface area contributed by atoms with Crippen molar-refractivity contribution in [1.82, 2.24) is 10.6 Å². The zero-order chi connectivity index (χ0) is 15.0. The third-order valence-corrected chi connectivity index (χ3v) is 2.32. The van der Waals surface area contributed by atoms with Gasteiger partial charge in [0, 0.05) is 13.1 Å². The van der Waals surface area contributed by atoms with Crippen LogP contribution in [0.15, 0.2) is 24.3 Å². The molecule has 0 fully saturated rings. The second kappa shape index (κ2) is 7.74. The van der Waals surface area contributed by atoms with Gasteiger partial charge in [0.2, 0.25) is 5.91 Å². The number of hydrogen-bond acceptors (Lipinski definition) is 3. The van der Waals surface area contributed by atoms with Crippen molar-refractivity contribution < 1.29 is 22.7 Å².